The van der Waals surface area contributed by atoms with Gasteiger partial charge in [0, 0.05) is 25.2 Å². The lowest BCUT2D eigenvalue weighted by Gasteiger charge is -2.32. The number of aliphatic hydroxyl groups excluding tert-OH is 1. The summed E-state index contributed by atoms with van der Waals surface area (Å²) >= 11 is 0. The Morgan fingerprint density at radius 2 is 1.72 bits per heavy atom. The normalized spacial score (nSPS) is 16.7. The van der Waals surface area contributed by atoms with Gasteiger partial charge in [-0.05, 0) is 12.8 Å². The lowest BCUT2D eigenvalue weighted by atomic mass is 10.1. The first-order valence-corrected chi connectivity index (χ1v) is 6.10. The van der Waals surface area contributed by atoms with Gasteiger partial charge in [-0.15, -0.1) is 0 Å². The van der Waals surface area contributed by atoms with Gasteiger partial charge in [-0.1, -0.05) is 0 Å². The van der Waals surface area contributed by atoms with Gasteiger partial charge in [0.15, 0.2) is 11.5 Å². The number of anilines is 2. The number of nitrogens with two attached hydrogens (primary N) is 1. The van der Waals surface area contributed by atoms with E-state index in [0.717, 1.165) is 31.6 Å². The SMILES string of the molecule is COc1cc(N)c(N2CCC(O)CC2)cc1OC. The van der Waals surface area contributed by atoms with Crippen LogP contribution in [0.4, 0.5) is 11.4 Å². The Morgan fingerprint density at radius 1 is 1.17 bits per heavy atom. The molecule has 0 aromatic heterocycles. The van der Waals surface area contributed by atoms with E-state index >= 15 is 0 Å². The number of piperidine rings is 1. The molecule has 0 unspecified atom stereocenters. The highest BCUT2D eigenvalue weighted by molar-refractivity contribution is 5.73. The third-order valence-corrected chi connectivity index (χ3v) is 3.34. The van der Waals surface area contributed by atoms with Crippen molar-refractivity contribution in [2.75, 3.05) is 37.9 Å². The quantitative estimate of drug-likeness (QED) is 0.792. The van der Waals surface area contributed by atoms with Crippen molar-refractivity contribution in [3.8, 4) is 11.5 Å². The first kappa shape index (κ1) is 12.8. The van der Waals surface area contributed by atoms with Crippen LogP contribution in [0.3, 0.4) is 0 Å². The van der Waals surface area contributed by atoms with Gasteiger partial charge in [0.2, 0.25) is 0 Å². The van der Waals surface area contributed by atoms with Crippen molar-refractivity contribution in [3.05, 3.63) is 12.1 Å². The molecular weight excluding hydrogens is 232 g/mol. The molecule has 2 rings (SSSR count). The molecule has 1 heterocycles. The van der Waals surface area contributed by atoms with E-state index in [-0.39, 0.29) is 6.10 Å². The Kier molecular flexibility index (Phi) is 3.81. The van der Waals surface area contributed by atoms with Crippen LogP contribution in [0.5, 0.6) is 11.5 Å². The van der Waals surface area contributed by atoms with Gasteiger partial charge >= 0.3 is 0 Å². The smallest absolute Gasteiger partial charge is 0.162 e. The fourth-order valence-electron chi connectivity index (χ4n) is 2.26. The number of hydrogen-bond donors (Lipinski definition) is 2. The van der Waals surface area contributed by atoms with Crippen molar-refractivity contribution in [1.29, 1.82) is 0 Å². The first-order chi connectivity index (χ1) is 8.65. The molecule has 0 spiro atoms. The largest absolute Gasteiger partial charge is 0.493 e. The third kappa shape index (κ3) is 2.46. The third-order valence-electron chi connectivity index (χ3n) is 3.34. The topological polar surface area (TPSA) is 68.0 Å². The Bertz CT molecular complexity index is 415. The van der Waals surface area contributed by atoms with Crippen molar-refractivity contribution < 1.29 is 14.6 Å². The number of rotatable bonds is 3. The molecule has 1 fully saturated rings. The van der Waals surface area contributed by atoms with E-state index in [1.165, 1.54) is 0 Å². The van der Waals surface area contributed by atoms with Crippen LogP contribution in [0.2, 0.25) is 0 Å². The van der Waals surface area contributed by atoms with E-state index in [9.17, 15) is 5.11 Å². The fourth-order valence-corrected chi connectivity index (χ4v) is 2.26. The van der Waals surface area contributed by atoms with Gasteiger partial charge in [-0.3, -0.25) is 0 Å². The summed E-state index contributed by atoms with van der Waals surface area (Å²) in [7, 11) is 3.20. The van der Waals surface area contributed by atoms with E-state index in [1.807, 2.05) is 6.07 Å². The average molecular weight is 252 g/mol. The molecule has 100 valence electrons. The summed E-state index contributed by atoms with van der Waals surface area (Å²) in [6, 6.07) is 3.67. The molecule has 0 saturated carbocycles. The highest BCUT2D eigenvalue weighted by Gasteiger charge is 2.20. The van der Waals surface area contributed by atoms with E-state index in [4.69, 9.17) is 15.2 Å². The van der Waals surface area contributed by atoms with E-state index in [1.54, 1.807) is 20.3 Å². The molecular formula is C13H20N2O3. The number of benzene rings is 1. The molecule has 0 atom stereocenters. The number of ether oxygens (including phenoxy) is 2. The molecule has 5 heteroatoms. The molecule has 1 aromatic carbocycles. The van der Waals surface area contributed by atoms with Crippen LogP contribution >= 0.6 is 0 Å². The number of hydrogen-bond acceptors (Lipinski definition) is 5. The summed E-state index contributed by atoms with van der Waals surface area (Å²) in [6.45, 7) is 1.61. The Labute approximate surface area is 107 Å². The lowest BCUT2D eigenvalue weighted by Crippen LogP contribution is -2.36. The molecule has 0 radical (unpaired) electrons. The molecule has 18 heavy (non-hydrogen) atoms. The second-order valence-corrected chi connectivity index (χ2v) is 4.48. The predicted octanol–water partition coefficient (Wildman–Crippen LogP) is 1.25. The first-order valence-electron chi connectivity index (χ1n) is 6.10. The van der Waals surface area contributed by atoms with E-state index in [2.05, 4.69) is 4.90 Å². The van der Waals surface area contributed by atoms with Gasteiger partial charge in [-0.25, -0.2) is 0 Å². The van der Waals surface area contributed by atoms with Gasteiger partial charge in [0.25, 0.3) is 0 Å². The fraction of sp³-hybridized carbons (Fsp3) is 0.538. The molecule has 0 aliphatic carbocycles. The summed E-state index contributed by atoms with van der Waals surface area (Å²) in [5.41, 5.74) is 7.66. The Morgan fingerprint density at radius 3 is 2.28 bits per heavy atom. The van der Waals surface area contributed by atoms with Gasteiger partial charge in [0.05, 0.1) is 31.7 Å². The maximum Gasteiger partial charge on any atom is 0.162 e. The van der Waals surface area contributed by atoms with Crippen molar-refractivity contribution in [1.82, 2.24) is 0 Å². The standard InChI is InChI=1S/C13H20N2O3/c1-17-12-7-10(14)11(8-13(12)18-2)15-5-3-9(16)4-6-15/h7-9,16H,3-6,14H2,1-2H3. The Hall–Kier alpha value is -1.62. The summed E-state index contributed by atoms with van der Waals surface area (Å²) in [5.74, 6) is 1.31. The Balaban J connectivity index is 2.27. The minimum atomic E-state index is -0.192. The minimum absolute atomic E-state index is 0.192. The summed E-state index contributed by atoms with van der Waals surface area (Å²) < 4.78 is 10.5. The average Bonchev–Trinajstić information content (AvgIpc) is 2.39. The van der Waals surface area contributed by atoms with Crippen LogP contribution in [0, 0.1) is 0 Å². The van der Waals surface area contributed by atoms with Crippen LogP contribution in [-0.4, -0.2) is 38.5 Å². The zero-order chi connectivity index (χ0) is 13.1. The number of nitrogens with zero attached hydrogens (tertiary/aromatic N) is 1. The highest BCUT2D eigenvalue weighted by atomic mass is 16.5. The predicted molar refractivity (Wildman–Crippen MR) is 71.4 cm³/mol. The van der Waals surface area contributed by atoms with E-state index in [0.29, 0.717) is 17.2 Å². The van der Waals surface area contributed by atoms with Crippen LogP contribution in [0.25, 0.3) is 0 Å². The molecule has 5 nitrogen and oxygen atoms in total. The summed E-state index contributed by atoms with van der Waals surface area (Å²) in [5, 5.41) is 9.52. The number of methoxy groups -OCH3 is 2. The monoisotopic (exact) mass is 252 g/mol. The molecule has 0 amide bonds. The number of nitrogen functional groups attached to an aromatic ring is 1. The van der Waals surface area contributed by atoms with Crippen molar-refractivity contribution in [3.63, 3.8) is 0 Å². The molecule has 0 bridgehead atoms. The zero-order valence-electron chi connectivity index (χ0n) is 10.8. The van der Waals surface area contributed by atoms with Crippen LogP contribution in [0.15, 0.2) is 12.1 Å². The van der Waals surface area contributed by atoms with Crippen LogP contribution in [0.1, 0.15) is 12.8 Å². The maximum atomic E-state index is 9.52. The molecule has 1 aliphatic rings. The second kappa shape index (κ2) is 5.35. The van der Waals surface area contributed by atoms with Crippen LogP contribution in [-0.2, 0) is 0 Å². The summed E-state index contributed by atoms with van der Waals surface area (Å²) in [6.07, 6.45) is 1.35. The van der Waals surface area contributed by atoms with Crippen molar-refractivity contribution >= 4 is 11.4 Å². The van der Waals surface area contributed by atoms with Gasteiger partial charge in [0.1, 0.15) is 0 Å². The lowest BCUT2D eigenvalue weighted by molar-refractivity contribution is 0.145. The van der Waals surface area contributed by atoms with Crippen LogP contribution < -0.4 is 20.1 Å². The second-order valence-electron chi connectivity index (χ2n) is 4.48. The van der Waals surface area contributed by atoms with Gasteiger partial charge < -0.3 is 25.2 Å². The summed E-state index contributed by atoms with van der Waals surface area (Å²) in [4.78, 5) is 2.17. The highest BCUT2D eigenvalue weighted by Crippen LogP contribution is 2.37. The maximum absolute atomic E-state index is 9.52. The van der Waals surface area contributed by atoms with Crippen molar-refractivity contribution in [2.24, 2.45) is 0 Å². The zero-order valence-corrected chi connectivity index (χ0v) is 10.8. The molecule has 3 N–H and O–H groups in total. The van der Waals surface area contributed by atoms with Gasteiger partial charge in [-0.2, -0.15) is 0 Å². The van der Waals surface area contributed by atoms with E-state index < -0.39 is 0 Å². The molecule has 1 aliphatic heterocycles. The van der Waals surface area contributed by atoms with Crippen molar-refractivity contribution in [2.45, 2.75) is 18.9 Å². The minimum Gasteiger partial charge on any atom is -0.493 e. The number of aliphatic hydroxyl groups is 1. The molecule has 1 aromatic rings. The molecule has 1 saturated heterocycles.